The fourth-order valence-corrected chi connectivity index (χ4v) is 3.16. The minimum atomic E-state index is 0.749. The maximum Gasteiger partial charge on any atom is 0.142 e. The first-order chi connectivity index (χ1) is 9.52. The molecule has 0 atom stereocenters. The lowest BCUT2D eigenvalue weighted by Gasteiger charge is -2.09. The van der Waals surface area contributed by atoms with Crippen LogP contribution in [0.3, 0.4) is 0 Å². The van der Waals surface area contributed by atoms with Crippen molar-refractivity contribution in [3.63, 3.8) is 0 Å². The molecule has 0 saturated heterocycles. The molecule has 0 amide bonds. The second kappa shape index (κ2) is 5.04. The van der Waals surface area contributed by atoms with Gasteiger partial charge in [0.25, 0.3) is 0 Å². The number of hydrogen-bond donors (Lipinski definition) is 1. The molecule has 0 aliphatic rings. The number of benzene rings is 1. The molecule has 3 aromatic rings. The summed E-state index contributed by atoms with van der Waals surface area (Å²) in [6, 6.07) is 8.02. The number of anilines is 2. The van der Waals surface area contributed by atoms with E-state index in [2.05, 4.69) is 28.3 Å². The van der Waals surface area contributed by atoms with Crippen LogP contribution in [-0.4, -0.2) is 9.97 Å². The third-order valence-electron chi connectivity index (χ3n) is 3.06. The van der Waals surface area contributed by atoms with Gasteiger partial charge in [0.15, 0.2) is 0 Å². The summed E-state index contributed by atoms with van der Waals surface area (Å²) in [5, 5.41) is 5.14. The van der Waals surface area contributed by atoms with Crippen LogP contribution in [0.15, 0.2) is 24.3 Å². The summed E-state index contributed by atoms with van der Waals surface area (Å²) in [7, 11) is 0. The van der Waals surface area contributed by atoms with E-state index in [9.17, 15) is 0 Å². The van der Waals surface area contributed by atoms with Gasteiger partial charge in [-0.25, -0.2) is 9.97 Å². The lowest BCUT2D eigenvalue weighted by molar-refractivity contribution is 1.10. The van der Waals surface area contributed by atoms with Gasteiger partial charge < -0.3 is 5.32 Å². The molecule has 0 spiro atoms. The van der Waals surface area contributed by atoms with Gasteiger partial charge in [0.2, 0.25) is 0 Å². The van der Waals surface area contributed by atoms with Crippen molar-refractivity contribution < 1.29 is 0 Å². The third kappa shape index (κ3) is 2.49. The molecule has 3 rings (SSSR count). The Hall–Kier alpha value is -1.65. The largest absolute Gasteiger partial charge is 0.340 e. The first-order valence-electron chi connectivity index (χ1n) is 6.31. The highest BCUT2D eigenvalue weighted by atomic mass is 35.5. The predicted molar refractivity (Wildman–Crippen MR) is 86.4 cm³/mol. The molecule has 0 aliphatic heterocycles. The topological polar surface area (TPSA) is 37.8 Å². The predicted octanol–water partition coefficient (Wildman–Crippen LogP) is 5.01. The van der Waals surface area contributed by atoms with E-state index in [1.165, 1.54) is 4.88 Å². The van der Waals surface area contributed by atoms with Gasteiger partial charge in [0.1, 0.15) is 16.5 Å². The van der Waals surface area contributed by atoms with E-state index in [4.69, 9.17) is 11.6 Å². The number of aryl methyl sites for hydroxylation is 3. The summed E-state index contributed by atoms with van der Waals surface area (Å²) in [5.41, 5.74) is 2.00. The Bertz CT molecular complexity index is 795. The molecule has 0 aliphatic carbocycles. The number of thiophene rings is 1. The number of rotatable bonds is 2. The second-order valence-electron chi connectivity index (χ2n) is 4.78. The van der Waals surface area contributed by atoms with Crippen molar-refractivity contribution in [3.05, 3.63) is 45.6 Å². The van der Waals surface area contributed by atoms with E-state index < -0.39 is 0 Å². The number of nitrogens with one attached hydrogen (secondary N) is 1. The van der Waals surface area contributed by atoms with Crippen molar-refractivity contribution in [1.29, 1.82) is 0 Å². The van der Waals surface area contributed by atoms with Crippen molar-refractivity contribution in [3.8, 4) is 0 Å². The van der Waals surface area contributed by atoms with Gasteiger partial charge in [-0.15, -0.1) is 11.3 Å². The molecule has 0 radical (unpaired) electrons. The second-order valence-corrected chi connectivity index (χ2v) is 6.43. The molecule has 0 saturated carbocycles. The van der Waals surface area contributed by atoms with E-state index in [1.807, 2.05) is 32.0 Å². The Morgan fingerprint density at radius 2 is 1.90 bits per heavy atom. The van der Waals surface area contributed by atoms with Gasteiger partial charge in [-0.1, -0.05) is 17.7 Å². The maximum absolute atomic E-state index is 6.16. The van der Waals surface area contributed by atoms with Crippen molar-refractivity contribution in [2.45, 2.75) is 20.8 Å². The SMILES string of the molecule is Cc1nc(Nc2ccc(C)c(Cl)c2)c2cc(C)sc2n1. The zero-order chi connectivity index (χ0) is 14.3. The van der Waals surface area contributed by atoms with E-state index >= 15 is 0 Å². The van der Waals surface area contributed by atoms with Gasteiger partial charge in [0.05, 0.1) is 5.39 Å². The van der Waals surface area contributed by atoms with Crippen LogP contribution >= 0.6 is 22.9 Å². The lowest BCUT2D eigenvalue weighted by Crippen LogP contribution is -1.97. The maximum atomic E-state index is 6.16. The summed E-state index contributed by atoms with van der Waals surface area (Å²) in [6.45, 7) is 5.97. The molecule has 20 heavy (non-hydrogen) atoms. The molecule has 0 fully saturated rings. The van der Waals surface area contributed by atoms with Gasteiger partial charge >= 0.3 is 0 Å². The number of nitrogens with zero attached hydrogens (tertiary/aromatic N) is 2. The van der Waals surface area contributed by atoms with Crippen molar-refractivity contribution in [1.82, 2.24) is 9.97 Å². The fraction of sp³-hybridized carbons (Fsp3) is 0.200. The molecule has 2 aromatic heterocycles. The van der Waals surface area contributed by atoms with Gasteiger partial charge in [-0.05, 0) is 44.5 Å². The Morgan fingerprint density at radius 1 is 1.10 bits per heavy atom. The zero-order valence-electron chi connectivity index (χ0n) is 11.5. The zero-order valence-corrected chi connectivity index (χ0v) is 13.1. The summed E-state index contributed by atoms with van der Waals surface area (Å²) in [4.78, 5) is 11.2. The molecule has 2 heterocycles. The highest BCUT2D eigenvalue weighted by Crippen LogP contribution is 2.31. The van der Waals surface area contributed by atoms with Crippen LogP contribution in [0.1, 0.15) is 16.3 Å². The summed E-state index contributed by atoms with van der Waals surface area (Å²) in [5.74, 6) is 1.59. The van der Waals surface area contributed by atoms with Crippen LogP contribution in [-0.2, 0) is 0 Å². The molecular formula is C15H14ClN3S. The molecular weight excluding hydrogens is 290 g/mol. The molecule has 102 valence electrons. The molecule has 1 aromatic carbocycles. The number of halogens is 1. The Labute approximate surface area is 126 Å². The molecule has 0 unspecified atom stereocenters. The average molecular weight is 304 g/mol. The number of hydrogen-bond acceptors (Lipinski definition) is 4. The minimum absolute atomic E-state index is 0.749. The Morgan fingerprint density at radius 3 is 2.65 bits per heavy atom. The van der Waals surface area contributed by atoms with Crippen molar-refractivity contribution >= 4 is 44.7 Å². The van der Waals surface area contributed by atoms with Crippen LogP contribution in [0.5, 0.6) is 0 Å². The first-order valence-corrected chi connectivity index (χ1v) is 7.50. The van der Waals surface area contributed by atoms with Crippen LogP contribution < -0.4 is 5.32 Å². The highest BCUT2D eigenvalue weighted by molar-refractivity contribution is 7.18. The molecule has 5 heteroatoms. The van der Waals surface area contributed by atoms with E-state index in [-0.39, 0.29) is 0 Å². The average Bonchev–Trinajstić information content (AvgIpc) is 2.74. The summed E-state index contributed by atoms with van der Waals surface area (Å²) < 4.78 is 0. The third-order valence-corrected chi connectivity index (χ3v) is 4.41. The Kier molecular flexibility index (Phi) is 3.36. The fourth-order valence-electron chi connectivity index (χ4n) is 2.05. The smallest absolute Gasteiger partial charge is 0.142 e. The lowest BCUT2D eigenvalue weighted by atomic mass is 10.2. The van der Waals surface area contributed by atoms with E-state index in [1.54, 1.807) is 11.3 Å². The van der Waals surface area contributed by atoms with Gasteiger partial charge in [-0.3, -0.25) is 0 Å². The molecule has 3 nitrogen and oxygen atoms in total. The van der Waals surface area contributed by atoms with E-state index in [0.717, 1.165) is 38.1 Å². The highest BCUT2D eigenvalue weighted by Gasteiger charge is 2.09. The first kappa shape index (κ1) is 13.3. The van der Waals surface area contributed by atoms with E-state index in [0.29, 0.717) is 0 Å². The van der Waals surface area contributed by atoms with Crippen molar-refractivity contribution in [2.24, 2.45) is 0 Å². The van der Waals surface area contributed by atoms with Crippen molar-refractivity contribution in [2.75, 3.05) is 5.32 Å². The minimum Gasteiger partial charge on any atom is -0.340 e. The quantitative estimate of drug-likeness (QED) is 0.723. The van der Waals surface area contributed by atoms with Gasteiger partial charge in [-0.2, -0.15) is 0 Å². The Balaban J connectivity index is 2.07. The van der Waals surface area contributed by atoms with Crippen LogP contribution in [0, 0.1) is 20.8 Å². The summed E-state index contributed by atoms with van der Waals surface area (Å²) in [6.07, 6.45) is 0. The number of aromatic nitrogens is 2. The normalized spacial score (nSPS) is 11.0. The molecule has 1 N–H and O–H groups in total. The summed E-state index contributed by atoms with van der Waals surface area (Å²) >= 11 is 7.84. The van der Waals surface area contributed by atoms with Gasteiger partial charge in [0, 0.05) is 15.6 Å². The number of fused-ring (bicyclic) bond motifs is 1. The molecule has 0 bridgehead atoms. The van der Waals surface area contributed by atoms with Crippen LogP contribution in [0.4, 0.5) is 11.5 Å². The monoisotopic (exact) mass is 303 g/mol. The van der Waals surface area contributed by atoms with Crippen LogP contribution in [0.25, 0.3) is 10.2 Å². The standard InChI is InChI=1S/C15H14ClN3S/c1-8-4-5-11(7-13(8)16)19-14-12-6-9(2)20-15(12)18-10(3)17-14/h4-7H,1-3H3,(H,17,18,19). The van der Waals surface area contributed by atoms with Crippen LogP contribution in [0.2, 0.25) is 5.02 Å².